The van der Waals surface area contributed by atoms with Gasteiger partial charge < -0.3 is 4.74 Å². The van der Waals surface area contributed by atoms with Crippen molar-refractivity contribution in [1.82, 2.24) is 0 Å². The van der Waals surface area contributed by atoms with Crippen LogP contribution in [0.1, 0.15) is 65.2 Å². The molecular formula is C20H28OS3. The first kappa shape index (κ1) is 19.6. The molecule has 0 amide bonds. The molecule has 0 saturated carbocycles. The van der Waals surface area contributed by atoms with Crippen molar-refractivity contribution in [2.45, 2.75) is 66.2 Å². The summed E-state index contributed by atoms with van der Waals surface area (Å²) in [7, 11) is 3.48. The summed E-state index contributed by atoms with van der Waals surface area (Å²) in [6.45, 7) is 18.4. The van der Waals surface area contributed by atoms with Gasteiger partial charge in [0.15, 0.2) is 0 Å². The van der Waals surface area contributed by atoms with E-state index in [1.165, 1.54) is 27.1 Å². The van der Waals surface area contributed by atoms with Crippen molar-refractivity contribution in [2.75, 3.05) is 6.61 Å². The van der Waals surface area contributed by atoms with Crippen LogP contribution in [-0.4, -0.2) is 6.61 Å². The molecule has 0 fully saturated rings. The van der Waals surface area contributed by atoms with Gasteiger partial charge in [-0.15, -0.1) is 0 Å². The van der Waals surface area contributed by atoms with Crippen molar-refractivity contribution in [1.29, 1.82) is 0 Å². The highest BCUT2D eigenvalue weighted by Gasteiger charge is 2.28. The Kier molecular flexibility index (Phi) is 5.63. The van der Waals surface area contributed by atoms with Gasteiger partial charge in [-0.05, 0) is 47.9 Å². The summed E-state index contributed by atoms with van der Waals surface area (Å²) in [6, 6.07) is 4.61. The van der Waals surface area contributed by atoms with Crippen LogP contribution < -0.4 is 4.74 Å². The van der Waals surface area contributed by atoms with E-state index in [1.807, 2.05) is 0 Å². The zero-order chi connectivity index (χ0) is 18.3. The average Bonchev–Trinajstić information content (AvgIpc) is 2.77. The van der Waals surface area contributed by atoms with Crippen LogP contribution >= 0.6 is 32.9 Å². The zero-order valence-corrected chi connectivity index (χ0v) is 18.4. The summed E-state index contributed by atoms with van der Waals surface area (Å²) < 4.78 is 7.13. The van der Waals surface area contributed by atoms with Crippen molar-refractivity contribution in [2.24, 2.45) is 0 Å². The Morgan fingerprint density at radius 2 is 1.46 bits per heavy atom. The van der Waals surface area contributed by atoms with Crippen LogP contribution in [0.25, 0.3) is 10.4 Å². The van der Waals surface area contributed by atoms with Crippen LogP contribution in [0.4, 0.5) is 0 Å². The molecule has 0 saturated heterocycles. The Morgan fingerprint density at radius 1 is 0.958 bits per heavy atom. The highest BCUT2D eigenvalue weighted by molar-refractivity contribution is 7.80. The van der Waals surface area contributed by atoms with Crippen LogP contribution in [-0.2, 0) is 10.8 Å². The van der Waals surface area contributed by atoms with E-state index in [4.69, 9.17) is 17.0 Å². The fraction of sp³-hybridized carbons (Fsp3) is 0.550. The normalized spacial score (nSPS) is 12.5. The molecule has 0 aliphatic rings. The first-order valence-electron chi connectivity index (χ1n) is 8.38. The van der Waals surface area contributed by atoms with E-state index in [0.29, 0.717) is 6.61 Å². The predicted molar refractivity (Wildman–Crippen MR) is 112 cm³/mol. The molecule has 0 spiro atoms. The van der Waals surface area contributed by atoms with E-state index in [-0.39, 0.29) is 10.8 Å². The minimum absolute atomic E-state index is 0.0197. The topological polar surface area (TPSA) is 9.23 Å². The Bertz CT molecular complexity index is 747. The third-order valence-corrected chi connectivity index (χ3v) is 7.48. The molecule has 0 aliphatic carbocycles. The van der Waals surface area contributed by atoms with E-state index >= 15 is 0 Å². The van der Waals surface area contributed by atoms with E-state index < -0.39 is 0 Å². The maximum absolute atomic E-state index is 6.13. The molecule has 1 aromatic carbocycles. The van der Waals surface area contributed by atoms with Gasteiger partial charge in [0, 0.05) is 11.1 Å². The summed E-state index contributed by atoms with van der Waals surface area (Å²) in [5.74, 6) is 1.05. The molecular weight excluding hydrogens is 352 g/mol. The van der Waals surface area contributed by atoms with Gasteiger partial charge in [-0.25, -0.2) is 0 Å². The third-order valence-electron chi connectivity index (χ3n) is 4.10. The lowest BCUT2D eigenvalue weighted by molar-refractivity contribution is 0.319. The van der Waals surface area contributed by atoms with E-state index in [1.54, 1.807) is 20.7 Å². The maximum Gasteiger partial charge on any atom is 0.126 e. The summed E-state index contributed by atoms with van der Waals surface area (Å²) in [6.07, 6.45) is 0. The molecule has 132 valence electrons. The van der Waals surface area contributed by atoms with Gasteiger partial charge in [0.1, 0.15) is 9.57 Å². The highest BCUT2D eigenvalue weighted by Crippen LogP contribution is 2.44. The first-order valence-corrected chi connectivity index (χ1v) is 10.9. The lowest BCUT2D eigenvalue weighted by Gasteiger charge is -2.30. The monoisotopic (exact) mass is 380 g/mol. The Balaban J connectivity index is 2.85. The maximum atomic E-state index is 6.13. The van der Waals surface area contributed by atoms with Crippen LogP contribution in [0, 0.1) is 10.7 Å². The van der Waals surface area contributed by atoms with Gasteiger partial charge in [-0.1, -0.05) is 74.4 Å². The number of hydrogen-bond donors (Lipinski definition) is 0. The van der Waals surface area contributed by atoms with Crippen molar-refractivity contribution in [3.05, 3.63) is 32.6 Å². The van der Waals surface area contributed by atoms with Crippen LogP contribution in [0.3, 0.4) is 0 Å². The van der Waals surface area contributed by atoms with Crippen molar-refractivity contribution in [3.63, 3.8) is 0 Å². The molecule has 0 aliphatic heterocycles. The van der Waals surface area contributed by atoms with E-state index in [9.17, 15) is 0 Å². The van der Waals surface area contributed by atoms with Gasteiger partial charge in [-0.2, -0.15) is 0 Å². The average molecular weight is 381 g/mol. The van der Waals surface area contributed by atoms with E-state index in [0.717, 1.165) is 9.57 Å². The largest absolute Gasteiger partial charge is 0.493 e. The fourth-order valence-corrected chi connectivity index (χ4v) is 5.62. The molecule has 0 atom stereocenters. The lowest BCUT2D eigenvalue weighted by Crippen LogP contribution is -2.20. The van der Waals surface area contributed by atoms with Gasteiger partial charge in [-0.3, -0.25) is 0 Å². The smallest absolute Gasteiger partial charge is 0.126 e. The predicted octanol–water partition coefficient (Wildman–Crippen LogP) is 7.51. The molecule has 0 bridgehead atoms. The van der Waals surface area contributed by atoms with Crippen LogP contribution in [0.15, 0.2) is 12.1 Å². The van der Waals surface area contributed by atoms with Crippen LogP contribution in [0.5, 0.6) is 5.75 Å². The first-order chi connectivity index (χ1) is 11.0. The summed E-state index contributed by atoms with van der Waals surface area (Å²) in [5.41, 5.74) is 5.08. The standard InChI is InChI=1S/C20H28OS3/c1-9-21-16-14(19(3,4)5)10-13(11-15(16)20(6,7)8)17-12(2)18(22)24-23-17/h10-11H,9H2,1-8H3. The molecule has 0 radical (unpaired) electrons. The van der Waals surface area contributed by atoms with Crippen LogP contribution in [0.2, 0.25) is 0 Å². The van der Waals surface area contributed by atoms with Gasteiger partial charge in [0.25, 0.3) is 0 Å². The molecule has 0 N–H and O–H groups in total. The SMILES string of the molecule is CCOc1c(C(C)(C)C)cc(-c2ssc(=S)c2C)cc1C(C)(C)C. The minimum atomic E-state index is 0.0197. The molecule has 2 rings (SSSR count). The summed E-state index contributed by atoms with van der Waals surface area (Å²) in [5, 5.41) is 0. The van der Waals surface area contributed by atoms with Gasteiger partial charge >= 0.3 is 0 Å². The summed E-state index contributed by atoms with van der Waals surface area (Å²) in [4.78, 5) is 1.30. The Hall–Kier alpha value is -0.710. The minimum Gasteiger partial charge on any atom is -0.493 e. The lowest BCUT2D eigenvalue weighted by atomic mass is 9.78. The van der Waals surface area contributed by atoms with E-state index in [2.05, 4.69) is 67.5 Å². The van der Waals surface area contributed by atoms with Crippen molar-refractivity contribution < 1.29 is 4.74 Å². The zero-order valence-electron chi connectivity index (χ0n) is 16.0. The number of benzene rings is 1. The van der Waals surface area contributed by atoms with Crippen molar-refractivity contribution in [3.8, 4) is 16.2 Å². The highest BCUT2D eigenvalue weighted by atomic mass is 32.9. The number of rotatable bonds is 3. The quantitative estimate of drug-likeness (QED) is 0.402. The fourth-order valence-electron chi connectivity index (χ4n) is 2.74. The Morgan fingerprint density at radius 3 is 1.79 bits per heavy atom. The molecule has 24 heavy (non-hydrogen) atoms. The second-order valence-electron chi connectivity index (χ2n) is 8.24. The molecule has 4 heteroatoms. The second kappa shape index (κ2) is 6.89. The summed E-state index contributed by atoms with van der Waals surface area (Å²) >= 11 is 5.46. The molecule has 1 aromatic heterocycles. The third kappa shape index (κ3) is 3.92. The molecule has 0 unspecified atom stereocenters. The molecule has 1 heterocycles. The van der Waals surface area contributed by atoms with Crippen molar-refractivity contribution >= 4 is 32.9 Å². The molecule has 1 nitrogen and oxygen atoms in total. The number of hydrogen-bond acceptors (Lipinski definition) is 4. The second-order valence-corrected chi connectivity index (χ2v) is 11.1. The van der Waals surface area contributed by atoms with Gasteiger partial charge in [0.2, 0.25) is 0 Å². The van der Waals surface area contributed by atoms with Gasteiger partial charge in [0.05, 0.1) is 11.5 Å². The number of ether oxygens (including phenoxy) is 1. The molecule has 2 aromatic rings. The Labute approximate surface area is 159 Å².